The molecule has 0 fully saturated rings. The summed E-state index contributed by atoms with van der Waals surface area (Å²) < 4.78 is 38.6. The predicted octanol–water partition coefficient (Wildman–Crippen LogP) is 2.84. The smallest absolute Gasteiger partial charge is 0.379 e. The lowest BCUT2D eigenvalue weighted by molar-refractivity contribution is -0.206. The van der Waals surface area contributed by atoms with Crippen LogP contribution >= 0.6 is 0 Å². The van der Waals surface area contributed by atoms with Gasteiger partial charge in [-0.25, -0.2) is 0 Å². The van der Waals surface area contributed by atoms with Crippen LogP contribution in [0.4, 0.5) is 13.2 Å². The molecule has 1 unspecified atom stereocenters. The number of aryl methyl sites for hydroxylation is 1. The number of hydrogen-bond donors (Lipinski definition) is 1. The SMILES string of the molecule is Cc1cccc(Cn2ccc(C(O)C(F)(F)F)c2)n1. The number of halogens is 3. The number of aliphatic hydroxyl groups is 1. The van der Waals surface area contributed by atoms with Crippen molar-refractivity contribution in [1.82, 2.24) is 9.55 Å². The maximum atomic E-state index is 12.4. The van der Waals surface area contributed by atoms with E-state index in [0.717, 1.165) is 11.4 Å². The van der Waals surface area contributed by atoms with E-state index in [1.807, 2.05) is 19.1 Å². The van der Waals surface area contributed by atoms with Gasteiger partial charge in [0.25, 0.3) is 0 Å². The molecule has 0 aliphatic carbocycles. The Morgan fingerprint density at radius 3 is 2.68 bits per heavy atom. The zero-order chi connectivity index (χ0) is 14.0. The lowest BCUT2D eigenvalue weighted by Gasteiger charge is -2.12. The summed E-state index contributed by atoms with van der Waals surface area (Å²) >= 11 is 0. The number of alkyl halides is 3. The molecule has 19 heavy (non-hydrogen) atoms. The van der Waals surface area contributed by atoms with Gasteiger partial charge in [0.1, 0.15) is 0 Å². The van der Waals surface area contributed by atoms with E-state index in [1.54, 1.807) is 10.6 Å². The number of aromatic nitrogens is 2. The highest BCUT2D eigenvalue weighted by Crippen LogP contribution is 2.32. The van der Waals surface area contributed by atoms with Crippen LogP contribution in [0.5, 0.6) is 0 Å². The van der Waals surface area contributed by atoms with Crippen LogP contribution in [0.2, 0.25) is 0 Å². The highest BCUT2D eigenvalue weighted by molar-refractivity contribution is 5.17. The minimum atomic E-state index is -4.65. The van der Waals surface area contributed by atoms with Gasteiger partial charge in [-0.15, -0.1) is 0 Å². The van der Waals surface area contributed by atoms with Crippen LogP contribution in [0.1, 0.15) is 23.1 Å². The van der Waals surface area contributed by atoms with Crippen molar-refractivity contribution in [3.05, 3.63) is 53.6 Å². The number of rotatable bonds is 3. The summed E-state index contributed by atoms with van der Waals surface area (Å²) in [6.45, 7) is 2.21. The molecule has 0 spiro atoms. The Hall–Kier alpha value is -1.82. The minimum absolute atomic E-state index is 0.167. The fourth-order valence-corrected chi connectivity index (χ4v) is 1.78. The van der Waals surface area contributed by atoms with Gasteiger partial charge in [-0.1, -0.05) is 6.07 Å². The average Bonchev–Trinajstić information content (AvgIpc) is 2.75. The molecular formula is C13H13F3N2O. The Kier molecular flexibility index (Phi) is 3.61. The second-order valence-corrected chi connectivity index (χ2v) is 4.33. The Morgan fingerprint density at radius 2 is 2.05 bits per heavy atom. The monoisotopic (exact) mass is 270 g/mol. The van der Waals surface area contributed by atoms with Crippen molar-refractivity contribution in [3.8, 4) is 0 Å². The number of pyridine rings is 1. The van der Waals surface area contributed by atoms with Crippen LogP contribution in [-0.2, 0) is 6.54 Å². The molecule has 102 valence electrons. The quantitative estimate of drug-likeness (QED) is 0.931. The molecule has 0 aliphatic heterocycles. The lowest BCUT2D eigenvalue weighted by atomic mass is 10.2. The maximum Gasteiger partial charge on any atom is 0.418 e. The fourth-order valence-electron chi connectivity index (χ4n) is 1.78. The van der Waals surface area contributed by atoms with Crippen molar-refractivity contribution in [2.75, 3.05) is 0 Å². The van der Waals surface area contributed by atoms with E-state index >= 15 is 0 Å². The van der Waals surface area contributed by atoms with Crippen molar-refractivity contribution in [2.45, 2.75) is 25.7 Å². The van der Waals surface area contributed by atoms with Crippen LogP contribution in [0.3, 0.4) is 0 Å². The molecule has 0 aromatic carbocycles. The first kappa shape index (κ1) is 13.6. The van der Waals surface area contributed by atoms with E-state index in [0.29, 0.717) is 6.54 Å². The summed E-state index contributed by atoms with van der Waals surface area (Å²) in [5, 5.41) is 9.13. The van der Waals surface area contributed by atoms with Crippen LogP contribution in [0.15, 0.2) is 36.7 Å². The van der Waals surface area contributed by atoms with Crippen molar-refractivity contribution < 1.29 is 18.3 Å². The molecule has 2 aromatic rings. The van der Waals surface area contributed by atoms with Gasteiger partial charge in [0.05, 0.1) is 12.2 Å². The zero-order valence-electron chi connectivity index (χ0n) is 10.2. The minimum Gasteiger partial charge on any atom is -0.379 e. The van der Waals surface area contributed by atoms with Gasteiger partial charge in [0.2, 0.25) is 0 Å². The summed E-state index contributed by atoms with van der Waals surface area (Å²) in [5.41, 5.74) is 1.43. The van der Waals surface area contributed by atoms with Crippen molar-refractivity contribution in [2.24, 2.45) is 0 Å². The first-order valence-corrected chi connectivity index (χ1v) is 5.69. The molecule has 1 N–H and O–H groups in total. The zero-order valence-corrected chi connectivity index (χ0v) is 10.2. The van der Waals surface area contributed by atoms with Gasteiger partial charge in [0, 0.05) is 23.7 Å². The maximum absolute atomic E-state index is 12.4. The first-order chi connectivity index (χ1) is 8.86. The highest BCUT2D eigenvalue weighted by atomic mass is 19.4. The average molecular weight is 270 g/mol. The standard InChI is InChI=1S/C13H13F3N2O/c1-9-3-2-4-11(17-9)8-18-6-5-10(7-18)12(19)13(14,15)16/h2-7,12,19H,8H2,1H3. The first-order valence-electron chi connectivity index (χ1n) is 5.69. The van der Waals surface area contributed by atoms with Crippen LogP contribution in [-0.4, -0.2) is 20.8 Å². The van der Waals surface area contributed by atoms with E-state index in [2.05, 4.69) is 4.98 Å². The van der Waals surface area contributed by atoms with E-state index < -0.39 is 12.3 Å². The number of aliphatic hydroxyl groups excluding tert-OH is 1. The predicted molar refractivity (Wildman–Crippen MR) is 63.5 cm³/mol. The van der Waals surface area contributed by atoms with Crippen molar-refractivity contribution in [3.63, 3.8) is 0 Å². The normalized spacial score (nSPS) is 13.5. The second-order valence-electron chi connectivity index (χ2n) is 4.33. The van der Waals surface area contributed by atoms with E-state index in [-0.39, 0.29) is 5.56 Å². The van der Waals surface area contributed by atoms with Gasteiger partial charge in [-0.05, 0) is 25.1 Å². The summed E-state index contributed by atoms with van der Waals surface area (Å²) in [4.78, 5) is 4.27. The molecule has 0 saturated carbocycles. The van der Waals surface area contributed by atoms with E-state index in [9.17, 15) is 13.2 Å². The molecule has 0 aliphatic rings. The highest BCUT2D eigenvalue weighted by Gasteiger charge is 2.39. The third kappa shape index (κ3) is 3.35. The number of hydrogen-bond acceptors (Lipinski definition) is 2. The molecule has 0 amide bonds. The molecule has 1 atom stereocenters. The molecular weight excluding hydrogens is 257 g/mol. The summed E-state index contributed by atoms with van der Waals surface area (Å²) in [7, 11) is 0. The third-order valence-corrected chi connectivity index (χ3v) is 2.69. The van der Waals surface area contributed by atoms with Crippen LogP contribution < -0.4 is 0 Å². The Bertz CT molecular complexity index is 563. The van der Waals surface area contributed by atoms with E-state index in [4.69, 9.17) is 5.11 Å². The van der Waals surface area contributed by atoms with Gasteiger partial charge < -0.3 is 9.67 Å². The largest absolute Gasteiger partial charge is 0.418 e. The summed E-state index contributed by atoms with van der Waals surface area (Å²) in [6.07, 6.45) is -4.32. The molecule has 0 radical (unpaired) electrons. The third-order valence-electron chi connectivity index (χ3n) is 2.69. The fraction of sp³-hybridized carbons (Fsp3) is 0.308. The van der Waals surface area contributed by atoms with E-state index in [1.165, 1.54) is 18.5 Å². The van der Waals surface area contributed by atoms with Gasteiger partial charge >= 0.3 is 6.18 Å². The molecule has 3 nitrogen and oxygen atoms in total. The van der Waals surface area contributed by atoms with Crippen LogP contribution in [0, 0.1) is 6.92 Å². The van der Waals surface area contributed by atoms with Gasteiger partial charge in [-0.2, -0.15) is 13.2 Å². The van der Waals surface area contributed by atoms with Crippen LogP contribution in [0.25, 0.3) is 0 Å². The molecule has 2 rings (SSSR count). The Morgan fingerprint density at radius 1 is 1.32 bits per heavy atom. The van der Waals surface area contributed by atoms with Gasteiger partial charge in [0.15, 0.2) is 6.10 Å². The Labute approximate surface area is 108 Å². The molecule has 0 bridgehead atoms. The summed E-state index contributed by atoms with van der Waals surface area (Å²) in [5.74, 6) is 0. The number of nitrogens with zero attached hydrogens (tertiary/aromatic N) is 2. The van der Waals surface area contributed by atoms with Crippen molar-refractivity contribution >= 4 is 0 Å². The lowest BCUT2D eigenvalue weighted by Crippen LogP contribution is -2.19. The molecule has 2 heterocycles. The molecule has 2 aromatic heterocycles. The summed E-state index contributed by atoms with van der Waals surface area (Å²) in [6, 6.07) is 6.74. The molecule has 6 heteroatoms. The topological polar surface area (TPSA) is 38.0 Å². The second kappa shape index (κ2) is 5.05. The van der Waals surface area contributed by atoms with Crippen molar-refractivity contribution in [1.29, 1.82) is 0 Å². The molecule has 0 saturated heterocycles. The Balaban J connectivity index is 2.14. The van der Waals surface area contributed by atoms with Gasteiger partial charge in [-0.3, -0.25) is 4.98 Å².